The number of benzene rings is 2. The maximum Gasteiger partial charge on any atom is 0.243 e. The molecule has 1 heterocycles. The maximum absolute atomic E-state index is 13.8. The van der Waals surface area contributed by atoms with Crippen LogP contribution in [0.15, 0.2) is 72.8 Å². The zero-order valence-corrected chi connectivity index (χ0v) is 22.2. The average Bonchev–Trinajstić information content (AvgIpc) is 3.28. The molecule has 194 valence electrons. The Bertz CT molecular complexity index is 1140. The van der Waals surface area contributed by atoms with Gasteiger partial charge in [0.15, 0.2) is 0 Å². The minimum Gasteiger partial charge on any atom is -0.355 e. The highest BCUT2D eigenvalue weighted by Gasteiger charge is 2.60. The van der Waals surface area contributed by atoms with Crippen molar-refractivity contribution in [1.29, 1.82) is 0 Å². The molecule has 6 rings (SSSR count). The van der Waals surface area contributed by atoms with Crippen molar-refractivity contribution in [3.05, 3.63) is 83.9 Å². The van der Waals surface area contributed by atoms with E-state index in [0.29, 0.717) is 24.3 Å². The lowest BCUT2D eigenvalue weighted by molar-refractivity contribution is -0.134. The van der Waals surface area contributed by atoms with Gasteiger partial charge in [-0.3, -0.25) is 9.59 Å². The maximum atomic E-state index is 13.8. The highest BCUT2D eigenvalue weighted by molar-refractivity contribution is 5.89. The van der Waals surface area contributed by atoms with Gasteiger partial charge in [-0.15, -0.1) is 0 Å². The van der Waals surface area contributed by atoms with Crippen molar-refractivity contribution < 1.29 is 9.59 Å². The van der Waals surface area contributed by atoms with E-state index in [0.717, 1.165) is 38.5 Å². The molecule has 7 atom stereocenters. The lowest BCUT2D eigenvalue weighted by Crippen LogP contribution is -2.59. The summed E-state index contributed by atoms with van der Waals surface area (Å²) in [5.41, 5.74) is 2.58. The average molecular weight is 497 g/mol. The van der Waals surface area contributed by atoms with Gasteiger partial charge in [0.2, 0.25) is 11.8 Å². The first-order valence-electron chi connectivity index (χ1n) is 14.3. The predicted molar refractivity (Wildman–Crippen MR) is 147 cm³/mol. The van der Waals surface area contributed by atoms with Gasteiger partial charge in [-0.1, -0.05) is 80.6 Å². The molecule has 3 aliphatic carbocycles. The summed E-state index contributed by atoms with van der Waals surface area (Å²) >= 11 is 0. The lowest BCUT2D eigenvalue weighted by atomic mass is 9.48. The van der Waals surface area contributed by atoms with Crippen LogP contribution in [-0.2, 0) is 9.59 Å². The Kier molecular flexibility index (Phi) is 6.25. The molecule has 0 spiro atoms. The summed E-state index contributed by atoms with van der Waals surface area (Å²) in [6, 6.07) is 21.3. The molecule has 0 aromatic heterocycles. The second-order valence-electron chi connectivity index (χ2n) is 12.5. The first-order chi connectivity index (χ1) is 17.9. The van der Waals surface area contributed by atoms with Crippen molar-refractivity contribution in [3.63, 3.8) is 0 Å². The van der Waals surface area contributed by atoms with Crippen molar-refractivity contribution in [3.8, 4) is 0 Å². The van der Waals surface area contributed by atoms with E-state index in [-0.39, 0.29) is 40.5 Å². The van der Waals surface area contributed by atoms with E-state index in [4.69, 9.17) is 0 Å². The molecule has 3 saturated carbocycles. The van der Waals surface area contributed by atoms with Crippen molar-refractivity contribution in [1.82, 2.24) is 10.6 Å². The van der Waals surface area contributed by atoms with Crippen LogP contribution in [0.2, 0.25) is 0 Å². The molecule has 3 fully saturated rings. The Balaban J connectivity index is 1.18. The molecule has 0 unspecified atom stereocenters. The van der Waals surface area contributed by atoms with Gasteiger partial charge in [0.05, 0.1) is 0 Å². The molecule has 1 aliphatic heterocycles. The third-order valence-electron chi connectivity index (χ3n) is 10.9. The molecule has 2 N–H and O–H groups in total. The standard InChI is InChI=1S/C33H40N2O2/c1-32-19-17-27-24(13-16-29-33(27,2)20-18-30(36)35-29)26(32)14-15-28(32)31(37)34-21-25(22-9-5-3-6-10-22)23-11-7-4-8-12-23/h3-12,18,20,24-29H,13-17,19,21H2,1-2H3,(H,34,37)(H,35,36)/t24-,26-,27-,28+,29+,32-,33+/m0/s1. The van der Waals surface area contributed by atoms with E-state index in [1.807, 2.05) is 12.1 Å². The van der Waals surface area contributed by atoms with Gasteiger partial charge in [-0.25, -0.2) is 0 Å². The van der Waals surface area contributed by atoms with E-state index in [1.54, 1.807) is 6.08 Å². The van der Waals surface area contributed by atoms with Crippen LogP contribution in [0.1, 0.15) is 69.4 Å². The Labute approximate surface area is 221 Å². The fraction of sp³-hybridized carbons (Fsp3) is 0.515. The molecule has 2 aromatic rings. The third-order valence-corrected chi connectivity index (χ3v) is 10.9. The zero-order chi connectivity index (χ0) is 25.6. The zero-order valence-electron chi connectivity index (χ0n) is 22.2. The number of carbonyl (C=O) groups is 2. The molecule has 4 heteroatoms. The summed E-state index contributed by atoms with van der Waals surface area (Å²) in [6.07, 6.45) is 10.6. The number of nitrogens with one attached hydrogen (secondary N) is 2. The fourth-order valence-electron chi connectivity index (χ4n) is 8.89. The first kappa shape index (κ1) is 24.5. The fourth-order valence-corrected chi connectivity index (χ4v) is 8.89. The third kappa shape index (κ3) is 4.13. The highest BCUT2D eigenvalue weighted by atomic mass is 16.2. The van der Waals surface area contributed by atoms with Gasteiger partial charge in [-0.05, 0) is 78.9 Å². The summed E-state index contributed by atoms with van der Waals surface area (Å²) < 4.78 is 0. The number of fused-ring (bicyclic) bond motifs is 5. The normalized spacial score (nSPS) is 36.3. The quantitative estimate of drug-likeness (QED) is 0.546. The predicted octanol–water partition coefficient (Wildman–Crippen LogP) is 5.85. The van der Waals surface area contributed by atoms with E-state index < -0.39 is 0 Å². The van der Waals surface area contributed by atoms with Crippen LogP contribution < -0.4 is 10.6 Å². The minimum atomic E-state index is 0.0388. The molecular formula is C33H40N2O2. The monoisotopic (exact) mass is 496 g/mol. The smallest absolute Gasteiger partial charge is 0.243 e. The van der Waals surface area contributed by atoms with Crippen LogP contribution in [-0.4, -0.2) is 24.4 Å². The molecule has 2 aromatic carbocycles. The van der Waals surface area contributed by atoms with Crippen molar-refractivity contribution in [2.75, 3.05) is 6.54 Å². The Morgan fingerprint density at radius 1 is 0.919 bits per heavy atom. The largest absolute Gasteiger partial charge is 0.355 e. The Hall–Kier alpha value is -2.88. The first-order valence-corrected chi connectivity index (χ1v) is 14.3. The van der Waals surface area contributed by atoms with Gasteiger partial charge in [0.25, 0.3) is 0 Å². The summed E-state index contributed by atoms with van der Waals surface area (Å²) in [5.74, 6) is 2.34. The SMILES string of the molecule is C[C@]12C=CC(=O)N[C@@H]1CC[C@@H]1[C@@H]2CC[C@]2(C)[C@@H](C(=O)NCC(c3ccccc3)c3ccccc3)CC[C@@H]12. The Morgan fingerprint density at radius 2 is 1.59 bits per heavy atom. The number of carbonyl (C=O) groups excluding carboxylic acids is 2. The van der Waals surface area contributed by atoms with Crippen LogP contribution >= 0.6 is 0 Å². The van der Waals surface area contributed by atoms with Crippen LogP contribution in [0.3, 0.4) is 0 Å². The molecule has 37 heavy (non-hydrogen) atoms. The van der Waals surface area contributed by atoms with Gasteiger partial charge in [0, 0.05) is 29.8 Å². The number of amides is 2. The van der Waals surface area contributed by atoms with Crippen molar-refractivity contribution in [2.45, 2.75) is 64.3 Å². The molecule has 0 bridgehead atoms. The molecule has 4 aliphatic rings. The summed E-state index contributed by atoms with van der Waals surface area (Å²) in [4.78, 5) is 25.8. The highest BCUT2D eigenvalue weighted by Crippen LogP contribution is 2.65. The number of hydrogen-bond donors (Lipinski definition) is 2. The van der Waals surface area contributed by atoms with Gasteiger partial charge in [-0.2, -0.15) is 0 Å². The summed E-state index contributed by atoms with van der Waals surface area (Å²) in [7, 11) is 0. The topological polar surface area (TPSA) is 58.2 Å². The Morgan fingerprint density at radius 3 is 2.27 bits per heavy atom. The molecule has 0 saturated heterocycles. The van der Waals surface area contributed by atoms with Crippen LogP contribution in [0, 0.1) is 34.5 Å². The van der Waals surface area contributed by atoms with Gasteiger partial charge >= 0.3 is 0 Å². The van der Waals surface area contributed by atoms with Crippen molar-refractivity contribution in [2.24, 2.45) is 34.5 Å². The van der Waals surface area contributed by atoms with Gasteiger partial charge in [0.1, 0.15) is 0 Å². The molecule has 2 amide bonds. The summed E-state index contributed by atoms with van der Waals surface area (Å²) in [5, 5.41) is 6.66. The van der Waals surface area contributed by atoms with E-state index in [2.05, 4.69) is 79.1 Å². The molecule has 4 nitrogen and oxygen atoms in total. The van der Waals surface area contributed by atoms with Gasteiger partial charge < -0.3 is 10.6 Å². The van der Waals surface area contributed by atoms with Crippen LogP contribution in [0.5, 0.6) is 0 Å². The lowest BCUT2D eigenvalue weighted by Gasteiger charge is -2.58. The second kappa shape index (κ2) is 9.45. The van der Waals surface area contributed by atoms with Crippen LogP contribution in [0.25, 0.3) is 0 Å². The van der Waals surface area contributed by atoms with E-state index in [1.165, 1.54) is 11.1 Å². The molecular weight excluding hydrogens is 456 g/mol. The van der Waals surface area contributed by atoms with Crippen molar-refractivity contribution >= 4 is 11.8 Å². The summed E-state index contributed by atoms with van der Waals surface area (Å²) in [6.45, 7) is 5.39. The number of hydrogen-bond acceptors (Lipinski definition) is 2. The molecule has 0 radical (unpaired) electrons. The van der Waals surface area contributed by atoms with E-state index >= 15 is 0 Å². The van der Waals surface area contributed by atoms with Crippen LogP contribution in [0.4, 0.5) is 0 Å². The minimum absolute atomic E-state index is 0.0388. The number of rotatable bonds is 5. The second-order valence-corrected chi connectivity index (χ2v) is 12.5. The van der Waals surface area contributed by atoms with E-state index in [9.17, 15) is 9.59 Å².